The van der Waals surface area contributed by atoms with E-state index >= 15 is 0 Å². The maximum absolute atomic E-state index is 12.3. The van der Waals surface area contributed by atoms with Gasteiger partial charge in [0.05, 0.1) is 24.4 Å². The number of carbonyl (C=O) groups is 1. The number of rotatable bonds is 4. The van der Waals surface area contributed by atoms with Crippen LogP contribution in [0.5, 0.6) is 0 Å². The summed E-state index contributed by atoms with van der Waals surface area (Å²) in [5, 5.41) is 17.4. The number of fused-ring (bicyclic) bond motifs is 1. The van der Waals surface area contributed by atoms with Crippen molar-refractivity contribution in [3.8, 4) is 11.1 Å². The zero-order valence-corrected chi connectivity index (χ0v) is 15.2. The van der Waals surface area contributed by atoms with Gasteiger partial charge in [0, 0.05) is 43.5 Å². The lowest BCUT2D eigenvalue weighted by Gasteiger charge is -2.28. The molecule has 1 amide bonds. The summed E-state index contributed by atoms with van der Waals surface area (Å²) >= 11 is 0. The highest BCUT2D eigenvalue weighted by Crippen LogP contribution is 2.23. The Morgan fingerprint density at radius 3 is 2.81 bits per heavy atom. The molecule has 0 bridgehead atoms. The lowest BCUT2D eigenvalue weighted by atomic mass is 10.1. The molecule has 8 nitrogen and oxygen atoms in total. The number of carbonyl (C=O) groups excluding carboxylic acids is 1. The first-order chi connectivity index (χ1) is 13.1. The maximum atomic E-state index is 12.3. The minimum atomic E-state index is -0.248. The molecular formula is C19H22N6O2. The van der Waals surface area contributed by atoms with Gasteiger partial charge in [0.1, 0.15) is 0 Å². The molecule has 0 unspecified atom stereocenters. The van der Waals surface area contributed by atoms with E-state index in [9.17, 15) is 9.90 Å². The van der Waals surface area contributed by atoms with E-state index in [0.29, 0.717) is 18.8 Å². The third kappa shape index (κ3) is 4.12. The molecule has 140 valence electrons. The highest BCUT2D eigenvalue weighted by molar-refractivity contribution is 5.92. The Hall–Kier alpha value is -2.84. The van der Waals surface area contributed by atoms with Crippen molar-refractivity contribution in [2.75, 3.05) is 25.0 Å². The number of aryl methyl sites for hydroxylation is 1. The number of aliphatic hydroxyl groups excluding tert-OH is 1. The van der Waals surface area contributed by atoms with Gasteiger partial charge in [-0.1, -0.05) is 12.1 Å². The van der Waals surface area contributed by atoms with Gasteiger partial charge in [-0.05, 0) is 24.5 Å². The summed E-state index contributed by atoms with van der Waals surface area (Å²) in [6.07, 6.45) is 6.62. The van der Waals surface area contributed by atoms with Crippen LogP contribution >= 0.6 is 0 Å². The van der Waals surface area contributed by atoms with Gasteiger partial charge in [0.2, 0.25) is 11.9 Å². The largest absolute Gasteiger partial charge is 0.393 e. The van der Waals surface area contributed by atoms with Crippen molar-refractivity contribution in [2.24, 2.45) is 7.05 Å². The number of nitrogens with one attached hydrogen (secondary N) is 1. The standard InChI is InChI=1S/C19H22N6O2/c1-24-11-15(10-21-24)13-2-3-14-9-20-19(22-17(14)8-13)23-18(27)12-25-6-4-16(26)5-7-25/h2-3,8-11,16,26H,4-7,12H2,1H3,(H,20,22,23,27). The molecular weight excluding hydrogens is 344 g/mol. The highest BCUT2D eigenvalue weighted by Gasteiger charge is 2.19. The van der Waals surface area contributed by atoms with Crippen LogP contribution in [0, 0.1) is 0 Å². The molecule has 1 aliphatic heterocycles. The fraction of sp³-hybridized carbons (Fsp3) is 0.368. The van der Waals surface area contributed by atoms with Crippen LogP contribution in [0.1, 0.15) is 12.8 Å². The lowest BCUT2D eigenvalue weighted by Crippen LogP contribution is -2.40. The number of hydrogen-bond donors (Lipinski definition) is 2. The number of benzene rings is 1. The van der Waals surface area contributed by atoms with Gasteiger partial charge < -0.3 is 5.11 Å². The van der Waals surface area contributed by atoms with Crippen molar-refractivity contribution in [3.63, 3.8) is 0 Å². The monoisotopic (exact) mass is 366 g/mol. The Morgan fingerprint density at radius 1 is 1.26 bits per heavy atom. The molecule has 0 saturated carbocycles. The number of hydrogen-bond acceptors (Lipinski definition) is 6. The van der Waals surface area contributed by atoms with Crippen LogP contribution in [0.4, 0.5) is 5.95 Å². The first-order valence-corrected chi connectivity index (χ1v) is 9.03. The summed E-state index contributed by atoms with van der Waals surface area (Å²) in [4.78, 5) is 23.0. The molecule has 1 fully saturated rings. The van der Waals surface area contributed by atoms with E-state index in [1.165, 1.54) is 0 Å². The molecule has 1 aliphatic rings. The highest BCUT2D eigenvalue weighted by atomic mass is 16.3. The lowest BCUT2D eigenvalue weighted by molar-refractivity contribution is -0.117. The molecule has 0 atom stereocenters. The van der Waals surface area contributed by atoms with Crippen molar-refractivity contribution in [3.05, 3.63) is 36.8 Å². The quantitative estimate of drug-likeness (QED) is 0.725. The van der Waals surface area contributed by atoms with Crippen LogP contribution in [0.25, 0.3) is 22.0 Å². The first kappa shape index (κ1) is 17.6. The molecule has 3 aromatic rings. The van der Waals surface area contributed by atoms with E-state index < -0.39 is 0 Å². The molecule has 27 heavy (non-hydrogen) atoms. The zero-order chi connectivity index (χ0) is 18.8. The Morgan fingerprint density at radius 2 is 2.07 bits per heavy atom. The molecule has 2 N–H and O–H groups in total. The molecule has 1 aromatic carbocycles. The summed E-state index contributed by atoms with van der Waals surface area (Å²) in [7, 11) is 1.88. The number of aromatic nitrogens is 4. The number of nitrogens with zero attached hydrogens (tertiary/aromatic N) is 5. The number of likely N-dealkylation sites (tertiary alicyclic amines) is 1. The van der Waals surface area contributed by atoms with Crippen molar-refractivity contribution >= 4 is 22.8 Å². The second-order valence-corrected chi connectivity index (χ2v) is 6.93. The van der Waals surface area contributed by atoms with Gasteiger partial charge in [-0.3, -0.25) is 19.7 Å². The van der Waals surface area contributed by atoms with Crippen LogP contribution in [0.15, 0.2) is 36.8 Å². The van der Waals surface area contributed by atoms with Crippen LogP contribution in [0.2, 0.25) is 0 Å². The van der Waals surface area contributed by atoms with Crippen LogP contribution in [-0.4, -0.2) is 61.4 Å². The summed E-state index contributed by atoms with van der Waals surface area (Å²) in [5.74, 6) is 0.155. The van der Waals surface area contributed by atoms with E-state index in [1.54, 1.807) is 17.1 Å². The number of anilines is 1. The number of amides is 1. The SMILES string of the molecule is Cn1cc(-c2ccc3cnc(NC(=O)CN4CCC(O)CC4)nc3c2)cn1. The van der Waals surface area contributed by atoms with Crippen LogP contribution in [0.3, 0.4) is 0 Å². The Labute approximate surface area is 156 Å². The molecule has 0 aliphatic carbocycles. The minimum Gasteiger partial charge on any atom is -0.393 e. The topological polar surface area (TPSA) is 96.2 Å². The predicted molar refractivity (Wildman–Crippen MR) is 102 cm³/mol. The Bertz CT molecular complexity index is 962. The van der Waals surface area contributed by atoms with Crippen molar-refractivity contribution < 1.29 is 9.90 Å². The van der Waals surface area contributed by atoms with Crippen molar-refractivity contribution in [1.29, 1.82) is 0 Å². The Kier molecular flexibility index (Phi) is 4.83. The Balaban J connectivity index is 1.48. The summed E-state index contributed by atoms with van der Waals surface area (Å²) in [6, 6.07) is 5.93. The third-order valence-corrected chi connectivity index (χ3v) is 4.80. The van der Waals surface area contributed by atoms with Crippen molar-refractivity contribution in [2.45, 2.75) is 18.9 Å². The van der Waals surface area contributed by atoms with Gasteiger partial charge in [-0.15, -0.1) is 0 Å². The average molecular weight is 366 g/mol. The van der Waals surface area contributed by atoms with E-state index in [2.05, 4.69) is 20.4 Å². The fourth-order valence-electron chi connectivity index (χ4n) is 3.28. The molecule has 3 heterocycles. The third-order valence-electron chi connectivity index (χ3n) is 4.80. The van der Waals surface area contributed by atoms with Crippen LogP contribution in [-0.2, 0) is 11.8 Å². The van der Waals surface area contributed by atoms with Gasteiger partial charge in [0.25, 0.3) is 0 Å². The smallest absolute Gasteiger partial charge is 0.240 e. The van der Waals surface area contributed by atoms with Crippen molar-refractivity contribution in [1.82, 2.24) is 24.6 Å². The second kappa shape index (κ2) is 7.42. The summed E-state index contributed by atoms with van der Waals surface area (Å²) in [6.45, 7) is 1.73. The van der Waals surface area contributed by atoms with E-state index in [-0.39, 0.29) is 18.6 Å². The van der Waals surface area contributed by atoms with E-state index in [4.69, 9.17) is 0 Å². The molecule has 2 aromatic heterocycles. The summed E-state index contributed by atoms with van der Waals surface area (Å²) < 4.78 is 1.75. The van der Waals surface area contributed by atoms with Gasteiger partial charge >= 0.3 is 0 Å². The van der Waals surface area contributed by atoms with E-state index in [1.807, 2.05) is 36.3 Å². The van der Waals surface area contributed by atoms with Gasteiger partial charge in [-0.25, -0.2) is 9.97 Å². The molecule has 0 spiro atoms. The number of aliphatic hydroxyl groups is 1. The second-order valence-electron chi connectivity index (χ2n) is 6.93. The number of piperidine rings is 1. The van der Waals surface area contributed by atoms with Crippen LogP contribution < -0.4 is 5.32 Å². The average Bonchev–Trinajstić information content (AvgIpc) is 3.09. The van der Waals surface area contributed by atoms with Gasteiger partial charge in [-0.2, -0.15) is 5.10 Å². The zero-order valence-electron chi connectivity index (χ0n) is 15.2. The normalized spacial score (nSPS) is 15.9. The fourth-order valence-corrected chi connectivity index (χ4v) is 3.28. The molecule has 8 heteroatoms. The van der Waals surface area contributed by atoms with Gasteiger partial charge in [0.15, 0.2) is 0 Å². The first-order valence-electron chi connectivity index (χ1n) is 9.03. The minimum absolute atomic E-state index is 0.144. The maximum Gasteiger partial charge on any atom is 0.240 e. The molecule has 1 saturated heterocycles. The van der Waals surface area contributed by atoms with E-state index in [0.717, 1.165) is 35.1 Å². The summed E-state index contributed by atoms with van der Waals surface area (Å²) in [5.41, 5.74) is 2.79. The molecule has 0 radical (unpaired) electrons. The predicted octanol–water partition coefficient (Wildman–Crippen LogP) is 1.43. The molecule has 4 rings (SSSR count).